The van der Waals surface area contributed by atoms with E-state index in [1.807, 2.05) is 0 Å². The van der Waals surface area contributed by atoms with Gasteiger partial charge in [-0.3, -0.25) is 5.10 Å². The SMILES string of the molecule is Cc1[nH]nc(CN)c1S(=O)(=O)NC1(C)CCS(=O)(=O)C1. The molecule has 114 valence electrons. The summed E-state index contributed by atoms with van der Waals surface area (Å²) in [6, 6.07) is 0. The lowest BCUT2D eigenvalue weighted by Gasteiger charge is -2.23. The van der Waals surface area contributed by atoms with Crippen LogP contribution >= 0.6 is 0 Å². The van der Waals surface area contributed by atoms with Gasteiger partial charge < -0.3 is 5.73 Å². The van der Waals surface area contributed by atoms with Gasteiger partial charge in [0.25, 0.3) is 0 Å². The van der Waals surface area contributed by atoms with Gasteiger partial charge in [-0.1, -0.05) is 0 Å². The summed E-state index contributed by atoms with van der Waals surface area (Å²) in [5.41, 5.74) is 5.09. The Balaban J connectivity index is 2.35. The number of hydrogen-bond donors (Lipinski definition) is 3. The molecule has 8 nitrogen and oxygen atoms in total. The summed E-state index contributed by atoms with van der Waals surface area (Å²) in [5.74, 6) is -0.214. The van der Waals surface area contributed by atoms with Crippen LogP contribution in [0.15, 0.2) is 4.90 Å². The molecule has 1 aliphatic heterocycles. The summed E-state index contributed by atoms with van der Waals surface area (Å²) >= 11 is 0. The topological polar surface area (TPSA) is 135 Å². The second kappa shape index (κ2) is 4.79. The van der Waals surface area contributed by atoms with Crippen molar-refractivity contribution in [2.45, 2.75) is 37.2 Å². The quantitative estimate of drug-likeness (QED) is 0.653. The highest BCUT2D eigenvalue weighted by atomic mass is 32.2. The third-order valence-corrected chi connectivity index (χ3v) is 7.05. The molecule has 0 saturated carbocycles. The standard InChI is InChI=1S/C10H18N4O4S2/c1-7-9(8(5-11)13-12-7)20(17,18)14-10(2)3-4-19(15,16)6-10/h14H,3-6,11H2,1-2H3,(H,12,13). The number of rotatable bonds is 4. The molecule has 2 heterocycles. The molecule has 2 rings (SSSR count). The molecule has 0 bridgehead atoms. The van der Waals surface area contributed by atoms with Crippen molar-refractivity contribution in [2.24, 2.45) is 5.73 Å². The van der Waals surface area contributed by atoms with E-state index in [1.165, 1.54) is 0 Å². The number of aromatic amines is 1. The fourth-order valence-electron chi connectivity index (χ4n) is 2.43. The van der Waals surface area contributed by atoms with Crippen LogP contribution in [0, 0.1) is 6.92 Å². The van der Waals surface area contributed by atoms with Crippen LogP contribution < -0.4 is 10.5 Å². The Bertz CT molecular complexity index is 722. The van der Waals surface area contributed by atoms with E-state index < -0.39 is 25.4 Å². The summed E-state index contributed by atoms with van der Waals surface area (Å²) in [6.07, 6.45) is 0.253. The molecule has 4 N–H and O–H groups in total. The highest BCUT2D eigenvalue weighted by molar-refractivity contribution is 7.92. The summed E-state index contributed by atoms with van der Waals surface area (Å²) < 4.78 is 50.4. The van der Waals surface area contributed by atoms with Gasteiger partial charge in [-0.2, -0.15) is 5.10 Å². The minimum Gasteiger partial charge on any atom is -0.325 e. The number of aryl methyl sites for hydroxylation is 1. The first-order valence-corrected chi connectivity index (χ1v) is 9.37. The number of H-pyrrole nitrogens is 1. The van der Waals surface area contributed by atoms with Crippen LogP contribution in [0.4, 0.5) is 0 Å². The van der Waals surface area contributed by atoms with E-state index in [4.69, 9.17) is 5.73 Å². The van der Waals surface area contributed by atoms with E-state index in [0.717, 1.165) is 0 Å². The Kier molecular flexibility index (Phi) is 3.70. The van der Waals surface area contributed by atoms with Gasteiger partial charge in [0.2, 0.25) is 10.0 Å². The number of sulfonamides is 1. The molecule has 1 fully saturated rings. The van der Waals surface area contributed by atoms with Crippen molar-refractivity contribution < 1.29 is 16.8 Å². The molecule has 20 heavy (non-hydrogen) atoms. The third-order valence-electron chi connectivity index (χ3n) is 3.31. The summed E-state index contributed by atoms with van der Waals surface area (Å²) in [4.78, 5) is 0.00511. The normalized spacial score (nSPS) is 25.9. The third kappa shape index (κ3) is 2.87. The molecule has 1 aliphatic rings. The fraction of sp³-hybridized carbons (Fsp3) is 0.700. The average molecular weight is 322 g/mol. The molecule has 10 heteroatoms. The number of nitrogens with zero attached hydrogens (tertiary/aromatic N) is 1. The predicted octanol–water partition coefficient (Wildman–Crippen LogP) is -0.968. The molecule has 0 amide bonds. The second-order valence-electron chi connectivity index (χ2n) is 5.34. The van der Waals surface area contributed by atoms with Crippen LogP contribution in [0.1, 0.15) is 24.7 Å². The zero-order chi connectivity index (χ0) is 15.2. The molecule has 0 spiro atoms. The van der Waals surface area contributed by atoms with E-state index in [0.29, 0.717) is 5.69 Å². The largest absolute Gasteiger partial charge is 0.325 e. The van der Waals surface area contributed by atoms with Crippen LogP contribution in [-0.2, 0) is 26.4 Å². The van der Waals surface area contributed by atoms with Gasteiger partial charge in [0, 0.05) is 12.1 Å². The Morgan fingerprint density at radius 1 is 1.50 bits per heavy atom. The Morgan fingerprint density at radius 2 is 2.15 bits per heavy atom. The van der Waals surface area contributed by atoms with Crippen LogP contribution in [0.3, 0.4) is 0 Å². The van der Waals surface area contributed by atoms with E-state index in [1.54, 1.807) is 13.8 Å². The zero-order valence-corrected chi connectivity index (χ0v) is 12.9. The lowest BCUT2D eigenvalue weighted by atomic mass is 10.0. The van der Waals surface area contributed by atoms with Crippen molar-refractivity contribution in [2.75, 3.05) is 11.5 Å². The molecule has 0 radical (unpaired) electrons. The van der Waals surface area contributed by atoms with E-state index in [9.17, 15) is 16.8 Å². The van der Waals surface area contributed by atoms with Crippen molar-refractivity contribution in [1.29, 1.82) is 0 Å². The first-order chi connectivity index (χ1) is 9.09. The minimum absolute atomic E-state index is 0.00511. The molecule has 1 saturated heterocycles. The van der Waals surface area contributed by atoms with E-state index in [-0.39, 0.29) is 35.1 Å². The van der Waals surface area contributed by atoms with Crippen molar-refractivity contribution >= 4 is 19.9 Å². The van der Waals surface area contributed by atoms with Gasteiger partial charge in [-0.05, 0) is 20.3 Å². The van der Waals surface area contributed by atoms with Crippen LogP contribution in [0.2, 0.25) is 0 Å². The lowest BCUT2D eigenvalue weighted by Crippen LogP contribution is -2.47. The second-order valence-corrected chi connectivity index (χ2v) is 9.14. The summed E-state index contributed by atoms with van der Waals surface area (Å²) in [7, 11) is -7.07. The molecule has 1 aromatic heterocycles. The molecule has 0 aliphatic carbocycles. The molecule has 0 aromatic carbocycles. The molecular weight excluding hydrogens is 304 g/mol. The van der Waals surface area contributed by atoms with Gasteiger partial charge in [0.05, 0.1) is 22.9 Å². The van der Waals surface area contributed by atoms with Gasteiger partial charge in [-0.25, -0.2) is 21.6 Å². The smallest absolute Gasteiger partial charge is 0.244 e. The Morgan fingerprint density at radius 3 is 2.65 bits per heavy atom. The van der Waals surface area contributed by atoms with E-state index in [2.05, 4.69) is 14.9 Å². The highest BCUT2D eigenvalue weighted by Crippen LogP contribution is 2.26. The van der Waals surface area contributed by atoms with Gasteiger partial charge >= 0.3 is 0 Å². The van der Waals surface area contributed by atoms with Crippen molar-refractivity contribution in [3.8, 4) is 0 Å². The predicted molar refractivity (Wildman–Crippen MR) is 73.2 cm³/mol. The molecule has 1 aromatic rings. The van der Waals surface area contributed by atoms with Gasteiger partial charge in [0.15, 0.2) is 9.84 Å². The zero-order valence-electron chi connectivity index (χ0n) is 11.3. The number of nitrogens with one attached hydrogen (secondary N) is 2. The Labute approximate surface area is 118 Å². The maximum Gasteiger partial charge on any atom is 0.244 e. The number of hydrogen-bond acceptors (Lipinski definition) is 6. The van der Waals surface area contributed by atoms with Gasteiger partial charge in [0.1, 0.15) is 4.90 Å². The Hall–Kier alpha value is -0.970. The van der Waals surface area contributed by atoms with Crippen molar-refractivity contribution in [3.63, 3.8) is 0 Å². The number of sulfone groups is 1. The number of aromatic nitrogens is 2. The van der Waals surface area contributed by atoms with Gasteiger partial charge in [-0.15, -0.1) is 0 Å². The first kappa shape index (κ1) is 15.4. The minimum atomic E-state index is -3.87. The van der Waals surface area contributed by atoms with Crippen LogP contribution in [-0.4, -0.2) is 44.1 Å². The van der Waals surface area contributed by atoms with E-state index >= 15 is 0 Å². The highest BCUT2D eigenvalue weighted by Gasteiger charge is 2.42. The average Bonchev–Trinajstić information content (AvgIpc) is 2.78. The maximum absolute atomic E-state index is 12.4. The number of nitrogens with two attached hydrogens (primary N) is 1. The summed E-state index contributed by atoms with van der Waals surface area (Å²) in [6.45, 7) is 3.15. The molecular formula is C10H18N4O4S2. The monoisotopic (exact) mass is 322 g/mol. The first-order valence-electron chi connectivity index (χ1n) is 6.07. The molecule has 1 atom stereocenters. The lowest BCUT2D eigenvalue weighted by molar-refractivity contribution is 0.461. The summed E-state index contributed by atoms with van der Waals surface area (Å²) in [5, 5.41) is 6.42. The maximum atomic E-state index is 12.4. The van der Waals surface area contributed by atoms with Crippen LogP contribution in [0.5, 0.6) is 0 Å². The molecule has 1 unspecified atom stereocenters. The van der Waals surface area contributed by atoms with Crippen molar-refractivity contribution in [3.05, 3.63) is 11.4 Å². The van der Waals surface area contributed by atoms with Crippen molar-refractivity contribution in [1.82, 2.24) is 14.9 Å². The fourth-order valence-corrected chi connectivity index (χ4v) is 6.43. The van der Waals surface area contributed by atoms with Crippen LogP contribution in [0.25, 0.3) is 0 Å².